The molecule has 2 N–H and O–H groups in total. The predicted octanol–water partition coefficient (Wildman–Crippen LogP) is 7.31. The zero-order valence-electron chi connectivity index (χ0n) is 28.1. The number of nitrogens with one attached hydrogen (secondary N) is 2. The van der Waals surface area contributed by atoms with Crippen LogP contribution in [0, 0.1) is 0 Å². The van der Waals surface area contributed by atoms with Crippen molar-refractivity contribution in [2.45, 2.75) is 44.3 Å². The number of benzene rings is 2. The van der Waals surface area contributed by atoms with Gasteiger partial charge >= 0.3 is 0 Å². The lowest BCUT2D eigenvalue weighted by molar-refractivity contribution is 0.0906. The van der Waals surface area contributed by atoms with Gasteiger partial charge in [0.2, 0.25) is 0 Å². The Morgan fingerprint density at radius 1 is 0.706 bits per heavy atom. The molecule has 2 fully saturated rings. The molecule has 2 amide bonds. The number of likely N-dealkylation sites (tertiary alicyclic amines) is 1. The largest absolute Gasteiger partial charge is 0.356 e. The van der Waals surface area contributed by atoms with E-state index in [0.717, 1.165) is 92.0 Å². The molecule has 2 aliphatic heterocycles. The van der Waals surface area contributed by atoms with Crippen molar-refractivity contribution in [3.8, 4) is 22.3 Å². The maximum absolute atomic E-state index is 13.2. The van der Waals surface area contributed by atoms with Gasteiger partial charge in [-0.15, -0.1) is 0 Å². The molecule has 51 heavy (non-hydrogen) atoms. The number of carbonyl (C=O) groups excluding carboxylic acids is 2. The van der Waals surface area contributed by atoms with Gasteiger partial charge in [-0.3, -0.25) is 24.5 Å². The molecular formula is C40H39Cl2N7O2. The zero-order valence-corrected chi connectivity index (χ0v) is 29.7. The molecule has 2 aromatic carbocycles. The van der Waals surface area contributed by atoms with E-state index >= 15 is 0 Å². The normalized spacial score (nSPS) is 15.8. The molecule has 0 bridgehead atoms. The van der Waals surface area contributed by atoms with Crippen molar-refractivity contribution in [1.82, 2.24) is 30.5 Å². The summed E-state index contributed by atoms with van der Waals surface area (Å²) in [5.41, 5.74) is 5.57. The van der Waals surface area contributed by atoms with Crippen LogP contribution < -0.4 is 15.5 Å². The first-order valence-electron chi connectivity index (χ1n) is 17.3. The highest BCUT2D eigenvalue weighted by molar-refractivity contribution is 6.36. The number of amides is 2. The minimum atomic E-state index is -0.157. The van der Waals surface area contributed by atoms with Crippen LogP contribution in [0.1, 0.15) is 52.0 Å². The number of pyridine rings is 3. The highest BCUT2D eigenvalue weighted by Gasteiger charge is 2.25. The summed E-state index contributed by atoms with van der Waals surface area (Å²) in [5, 5.41) is 7.44. The summed E-state index contributed by atoms with van der Waals surface area (Å²) in [6.45, 7) is 4.22. The average Bonchev–Trinajstić information content (AvgIpc) is 3.17. The van der Waals surface area contributed by atoms with Gasteiger partial charge in [-0.25, -0.2) is 4.98 Å². The molecule has 7 rings (SSSR count). The number of halogens is 2. The standard InChI is InChI=1S/C40H39Cl2N7O2/c41-36-10-9-28(22-35(36)30-5-3-17-44-25-30)39(50)46-31-12-18-48(19-13-31)26-27-8-11-37(45-23-27)49-20-14-32(15-21-49)47-40(51)34-7-1-6-33(38(34)42)29-4-2-16-43-24-29/h1-11,16-17,22-25,31-32H,12-15,18-21,26H2,(H,46,50)(H,47,51). The lowest BCUT2D eigenvalue weighted by atomic mass is 10.0. The lowest BCUT2D eigenvalue weighted by Crippen LogP contribution is -2.45. The zero-order chi connectivity index (χ0) is 35.2. The fraction of sp³-hybridized carbons (Fsp3) is 0.275. The van der Waals surface area contributed by atoms with Gasteiger partial charge in [-0.05, 0) is 73.7 Å². The topological polar surface area (TPSA) is 103 Å². The SMILES string of the molecule is O=C(NC1CCN(Cc2ccc(N3CCC(NC(=O)c4cccc(-c5cccnc5)c4Cl)CC3)nc2)CC1)c1ccc(Cl)c(-c2cccnc2)c1. The number of aromatic nitrogens is 3. The maximum Gasteiger partial charge on any atom is 0.253 e. The molecule has 5 aromatic rings. The van der Waals surface area contributed by atoms with Crippen molar-refractivity contribution in [3.63, 3.8) is 0 Å². The van der Waals surface area contributed by atoms with E-state index in [1.807, 2.05) is 48.7 Å². The number of carbonyl (C=O) groups is 2. The first-order chi connectivity index (χ1) is 24.9. The highest BCUT2D eigenvalue weighted by Crippen LogP contribution is 2.31. The van der Waals surface area contributed by atoms with E-state index in [0.29, 0.717) is 21.2 Å². The summed E-state index contributed by atoms with van der Waals surface area (Å²) in [7, 11) is 0. The Kier molecular flexibility index (Phi) is 10.9. The number of nitrogens with zero attached hydrogens (tertiary/aromatic N) is 5. The van der Waals surface area contributed by atoms with Crippen LogP contribution in [0.25, 0.3) is 22.3 Å². The van der Waals surface area contributed by atoms with Crippen molar-refractivity contribution in [2.24, 2.45) is 0 Å². The predicted molar refractivity (Wildman–Crippen MR) is 202 cm³/mol. The third kappa shape index (κ3) is 8.39. The summed E-state index contributed by atoms with van der Waals surface area (Å²) in [6, 6.07) is 22.9. The van der Waals surface area contributed by atoms with E-state index in [4.69, 9.17) is 28.2 Å². The van der Waals surface area contributed by atoms with E-state index in [9.17, 15) is 9.59 Å². The van der Waals surface area contributed by atoms with Crippen LogP contribution in [-0.4, -0.2) is 69.9 Å². The van der Waals surface area contributed by atoms with Crippen LogP contribution in [-0.2, 0) is 6.54 Å². The van der Waals surface area contributed by atoms with E-state index in [1.54, 1.807) is 43.0 Å². The summed E-state index contributed by atoms with van der Waals surface area (Å²) >= 11 is 13.1. The molecular weight excluding hydrogens is 681 g/mol. The third-order valence-electron chi connectivity index (χ3n) is 9.71. The van der Waals surface area contributed by atoms with Gasteiger partial charge in [0.15, 0.2) is 0 Å². The van der Waals surface area contributed by atoms with Gasteiger partial charge in [-0.1, -0.05) is 53.5 Å². The molecule has 5 heterocycles. The summed E-state index contributed by atoms with van der Waals surface area (Å²) in [5.74, 6) is 0.707. The molecule has 2 aliphatic rings. The Hall–Kier alpha value is -4.83. The minimum absolute atomic E-state index is 0.0642. The van der Waals surface area contributed by atoms with E-state index in [-0.39, 0.29) is 23.9 Å². The van der Waals surface area contributed by atoms with Crippen LogP contribution in [0.5, 0.6) is 0 Å². The van der Waals surface area contributed by atoms with Gasteiger partial charge in [0, 0.05) is 109 Å². The molecule has 0 radical (unpaired) electrons. The monoisotopic (exact) mass is 719 g/mol. The van der Waals surface area contributed by atoms with Crippen LogP contribution in [0.15, 0.2) is 104 Å². The smallest absolute Gasteiger partial charge is 0.253 e. The number of hydrogen-bond donors (Lipinski definition) is 2. The number of rotatable bonds is 9. The van der Waals surface area contributed by atoms with Gasteiger partial charge < -0.3 is 15.5 Å². The second-order valence-corrected chi connectivity index (χ2v) is 13.9. The summed E-state index contributed by atoms with van der Waals surface area (Å²) in [4.78, 5) is 44.1. The second kappa shape index (κ2) is 16.0. The first-order valence-corrected chi connectivity index (χ1v) is 18.1. The van der Waals surface area contributed by atoms with Crippen molar-refractivity contribution >= 4 is 40.8 Å². The van der Waals surface area contributed by atoms with Crippen molar-refractivity contribution in [1.29, 1.82) is 0 Å². The molecule has 9 nitrogen and oxygen atoms in total. The molecule has 11 heteroatoms. The van der Waals surface area contributed by atoms with Crippen LogP contribution >= 0.6 is 23.2 Å². The van der Waals surface area contributed by atoms with E-state index in [2.05, 4.69) is 42.5 Å². The van der Waals surface area contributed by atoms with Gasteiger partial charge in [0.05, 0.1) is 10.6 Å². The molecule has 0 unspecified atom stereocenters. The summed E-state index contributed by atoms with van der Waals surface area (Å²) < 4.78 is 0. The fourth-order valence-corrected chi connectivity index (χ4v) is 7.39. The van der Waals surface area contributed by atoms with Crippen LogP contribution in [0.2, 0.25) is 10.0 Å². The molecule has 3 aromatic heterocycles. The Balaban J connectivity index is 0.856. The first kappa shape index (κ1) is 34.6. The molecule has 0 spiro atoms. The quantitative estimate of drug-likeness (QED) is 0.165. The average molecular weight is 721 g/mol. The van der Waals surface area contributed by atoms with Gasteiger partial charge in [0.1, 0.15) is 5.82 Å². The number of piperidine rings is 2. The summed E-state index contributed by atoms with van der Waals surface area (Å²) in [6.07, 6.45) is 12.3. The third-order valence-corrected chi connectivity index (χ3v) is 10.4. The molecule has 260 valence electrons. The molecule has 0 atom stereocenters. The van der Waals surface area contributed by atoms with Crippen LogP contribution in [0.3, 0.4) is 0 Å². The van der Waals surface area contributed by atoms with Crippen molar-refractivity contribution < 1.29 is 9.59 Å². The number of anilines is 1. The minimum Gasteiger partial charge on any atom is -0.356 e. The van der Waals surface area contributed by atoms with Gasteiger partial charge in [0.25, 0.3) is 11.8 Å². The Bertz CT molecular complexity index is 1960. The van der Waals surface area contributed by atoms with Gasteiger partial charge in [-0.2, -0.15) is 0 Å². The Labute approximate surface area is 308 Å². The van der Waals surface area contributed by atoms with Crippen LogP contribution in [0.4, 0.5) is 5.82 Å². The van der Waals surface area contributed by atoms with Crippen molar-refractivity contribution in [3.05, 3.63) is 131 Å². The Morgan fingerprint density at radius 2 is 1.37 bits per heavy atom. The van der Waals surface area contributed by atoms with Crippen molar-refractivity contribution in [2.75, 3.05) is 31.1 Å². The molecule has 2 saturated heterocycles. The van der Waals surface area contributed by atoms with E-state index < -0.39 is 0 Å². The van der Waals surface area contributed by atoms with E-state index in [1.165, 1.54) is 0 Å². The molecule has 0 saturated carbocycles. The number of hydrogen-bond acceptors (Lipinski definition) is 7. The lowest BCUT2D eigenvalue weighted by Gasteiger charge is -2.34. The highest BCUT2D eigenvalue weighted by atomic mass is 35.5. The Morgan fingerprint density at radius 3 is 2.02 bits per heavy atom. The molecule has 0 aliphatic carbocycles. The fourth-order valence-electron chi connectivity index (χ4n) is 6.84. The second-order valence-electron chi connectivity index (χ2n) is 13.1. The maximum atomic E-state index is 13.2.